The lowest BCUT2D eigenvalue weighted by molar-refractivity contribution is 0.0682. The monoisotopic (exact) mass is 370 g/mol. The third kappa shape index (κ3) is 4.53. The van der Waals surface area contributed by atoms with Gasteiger partial charge in [0.1, 0.15) is 0 Å². The minimum absolute atomic E-state index is 0.0306. The zero-order valence-corrected chi connectivity index (χ0v) is 16.1. The molecule has 1 aliphatic heterocycles. The van der Waals surface area contributed by atoms with E-state index in [1.807, 2.05) is 20.8 Å². The van der Waals surface area contributed by atoms with Gasteiger partial charge in [-0.05, 0) is 24.8 Å². The average molecular weight is 370 g/mol. The summed E-state index contributed by atoms with van der Waals surface area (Å²) in [6, 6.07) is 4.57. The standard InChI is InChI=1S/C20H26N4O3/c1-20(2,3)16-11-18(26)24(13-22-16)12-14-5-8-23(9-6-14)19(27)15-4-7-21-17(25)10-15/h4,7,10-11,13-14H,5-6,8-9,12H2,1-3H3,(H,21,25). The summed E-state index contributed by atoms with van der Waals surface area (Å²) in [6.07, 6.45) is 4.77. The van der Waals surface area contributed by atoms with Crippen LogP contribution in [0.2, 0.25) is 0 Å². The molecule has 3 rings (SSSR count). The number of aromatic amines is 1. The number of likely N-dealkylation sites (tertiary alicyclic amines) is 1. The van der Waals surface area contributed by atoms with E-state index in [1.54, 1.807) is 27.9 Å². The Balaban J connectivity index is 1.61. The molecule has 0 saturated carbocycles. The minimum Gasteiger partial charge on any atom is -0.339 e. The summed E-state index contributed by atoms with van der Waals surface area (Å²) in [5.41, 5.74) is 0.749. The molecule has 0 unspecified atom stereocenters. The molecular weight excluding hydrogens is 344 g/mol. The zero-order valence-electron chi connectivity index (χ0n) is 16.1. The van der Waals surface area contributed by atoms with Crippen LogP contribution in [0.3, 0.4) is 0 Å². The molecule has 144 valence electrons. The fourth-order valence-corrected chi connectivity index (χ4v) is 3.33. The van der Waals surface area contributed by atoms with E-state index in [2.05, 4.69) is 9.97 Å². The maximum absolute atomic E-state index is 12.5. The van der Waals surface area contributed by atoms with Crippen LogP contribution in [-0.4, -0.2) is 38.4 Å². The highest BCUT2D eigenvalue weighted by Gasteiger charge is 2.24. The molecule has 0 aromatic carbocycles. The first kappa shape index (κ1) is 19.1. The van der Waals surface area contributed by atoms with E-state index in [1.165, 1.54) is 12.3 Å². The van der Waals surface area contributed by atoms with Gasteiger partial charge in [0.2, 0.25) is 5.56 Å². The summed E-state index contributed by atoms with van der Waals surface area (Å²) >= 11 is 0. The lowest BCUT2D eigenvalue weighted by Gasteiger charge is -2.32. The number of carbonyl (C=O) groups excluding carboxylic acids is 1. The number of hydrogen-bond donors (Lipinski definition) is 1. The molecule has 0 atom stereocenters. The van der Waals surface area contributed by atoms with Crippen LogP contribution in [0, 0.1) is 5.92 Å². The van der Waals surface area contributed by atoms with Gasteiger partial charge in [-0.3, -0.25) is 19.0 Å². The highest BCUT2D eigenvalue weighted by molar-refractivity contribution is 5.94. The first-order valence-electron chi connectivity index (χ1n) is 9.29. The summed E-state index contributed by atoms with van der Waals surface area (Å²) in [6.45, 7) is 7.96. The number of H-pyrrole nitrogens is 1. The molecule has 1 N–H and O–H groups in total. The van der Waals surface area contributed by atoms with Crippen molar-refractivity contribution in [2.75, 3.05) is 13.1 Å². The summed E-state index contributed by atoms with van der Waals surface area (Å²) in [4.78, 5) is 45.0. The van der Waals surface area contributed by atoms with E-state index in [9.17, 15) is 14.4 Å². The average Bonchev–Trinajstić information content (AvgIpc) is 2.62. The molecule has 1 fully saturated rings. The number of piperidine rings is 1. The minimum atomic E-state index is -0.277. The maximum atomic E-state index is 12.5. The van der Waals surface area contributed by atoms with Gasteiger partial charge in [0.05, 0.1) is 12.0 Å². The quantitative estimate of drug-likeness (QED) is 0.892. The van der Waals surface area contributed by atoms with Crippen molar-refractivity contribution < 1.29 is 4.79 Å². The van der Waals surface area contributed by atoms with E-state index in [4.69, 9.17) is 0 Å². The summed E-state index contributed by atoms with van der Waals surface area (Å²) < 4.78 is 1.66. The Morgan fingerprint density at radius 2 is 1.93 bits per heavy atom. The summed E-state index contributed by atoms with van der Waals surface area (Å²) in [5.74, 6) is 0.209. The first-order chi connectivity index (χ1) is 12.7. The van der Waals surface area contributed by atoms with Crippen molar-refractivity contribution in [3.63, 3.8) is 0 Å². The van der Waals surface area contributed by atoms with Gasteiger partial charge in [0.25, 0.3) is 11.5 Å². The number of pyridine rings is 1. The molecule has 2 aromatic rings. The lowest BCUT2D eigenvalue weighted by atomic mass is 9.92. The van der Waals surface area contributed by atoms with E-state index >= 15 is 0 Å². The van der Waals surface area contributed by atoms with Crippen molar-refractivity contribution in [3.05, 3.63) is 62.7 Å². The fraction of sp³-hybridized carbons (Fsp3) is 0.500. The van der Waals surface area contributed by atoms with Gasteiger partial charge in [-0.15, -0.1) is 0 Å². The van der Waals surface area contributed by atoms with Crippen LogP contribution in [0.5, 0.6) is 0 Å². The molecule has 7 heteroatoms. The Hall–Kier alpha value is -2.70. The SMILES string of the molecule is CC(C)(C)c1cc(=O)n(CC2CCN(C(=O)c3cc[nH]c(=O)c3)CC2)cn1. The predicted octanol–water partition coefficient (Wildman–Crippen LogP) is 1.78. The number of aromatic nitrogens is 3. The second-order valence-electron chi connectivity index (χ2n) is 8.19. The molecule has 1 amide bonds. The number of hydrogen-bond acceptors (Lipinski definition) is 4. The number of rotatable bonds is 3. The highest BCUT2D eigenvalue weighted by Crippen LogP contribution is 2.21. The Bertz CT molecular complexity index is 931. The van der Waals surface area contributed by atoms with Gasteiger partial charge < -0.3 is 9.88 Å². The lowest BCUT2D eigenvalue weighted by Crippen LogP contribution is -2.40. The molecule has 0 spiro atoms. The van der Waals surface area contributed by atoms with Crippen LogP contribution in [-0.2, 0) is 12.0 Å². The number of nitrogens with zero attached hydrogens (tertiary/aromatic N) is 3. The van der Waals surface area contributed by atoms with Gasteiger partial charge in [-0.1, -0.05) is 20.8 Å². The Kier molecular flexibility index (Phi) is 5.30. The highest BCUT2D eigenvalue weighted by atomic mass is 16.2. The van der Waals surface area contributed by atoms with Crippen molar-refractivity contribution in [3.8, 4) is 0 Å². The molecule has 0 radical (unpaired) electrons. The molecule has 2 aromatic heterocycles. The fourth-order valence-electron chi connectivity index (χ4n) is 3.33. The van der Waals surface area contributed by atoms with Gasteiger partial charge in [0, 0.05) is 48.9 Å². The van der Waals surface area contributed by atoms with Crippen molar-refractivity contribution in [2.24, 2.45) is 5.92 Å². The van der Waals surface area contributed by atoms with Crippen LogP contribution in [0.1, 0.15) is 49.7 Å². The molecule has 7 nitrogen and oxygen atoms in total. The smallest absolute Gasteiger partial charge is 0.254 e. The number of carbonyl (C=O) groups is 1. The maximum Gasteiger partial charge on any atom is 0.254 e. The Morgan fingerprint density at radius 1 is 1.22 bits per heavy atom. The number of nitrogens with one attached hydrogen (secondary N) is 1. The topological polar surface area (TPSA) is 88.1 Å². The van der Waals surface area contributed by atoms with Crippen molar-refractivity contribution in [1.82, 2.24) is 19.4 Å². The normalized spacial score (nSPS) is 15.7. The summed E-state index contributed by atoms with van der Waals surface area (Å²) in [5, 5.41) is 0. The Labute approximate surface area is 158 Å². The summed E-state index contributed by atoms with van der Waals surface area (Å²) in [7, 11) is 0. The van der Waals surface area contributed by atoms with Crippen LogP contribution >= 0.6 is 0 Å². The number of amides is 1. The molecule has 3 heterocycles. The van der Waals surface area contributed by atoms with Gasteiger partial charge in [0.15, 0.2) is 0 Å². The third-order valence-corrected chi connectivity index (χ3v) is 5.03. The molecule has 1 saturated heterocycles. The van der Waals surface area contributed by atoms with Crippen LogP contribution < -0.4 is 11.1 Å². The second-order valence-corrected chi connectivity index (χ2v) is 8.19. The third-order valence-electron chi connectivity index (χ3n) is 5.03. The Morgan fingerprint density at radius 3 is 2.52 bits per heavy atom. The zero-order chi connectivity index (χ0) is 19.6. The van der Waals surface area contributed by atoms with Gasteiger partial charge in [-0.2, -0.15) is 0 Å². The molecular formula is C20H26N4O3. The van der Waals surface area contributed by atoms with Crippen molar-refractivity contribution in [2.45, 2.75) is 45.6 Å². The molecule has 27 heavy (non-hydrogen) atoms. The molecule has 0 bridgehead atoms. The van der Waals surface area contributed by atoms with E-state index in [0.717, 1.165) is 18.5 Å². The molecule has 1 aliphatic rings. The van der Waals surface area contributed by atoms with E-state index < -0.39 is 0 Å². The van der Waals surface area contributed by atoms with E-state index in [-0.39, 0.29) is 22.4 Å². The molecule has 0 aliphatic carbocycles. The van der Waals surface area contributed by atoms with Gasteiger partial charge >= 0.3 is 0 Å². The second kappa shape index (κ2) is 7.50. The van der Waals surface area contributed by atoms with Crippen molar-refractivity contribution in [1.29, 1.82) is 0 Å². The van der Waals surface area contributed by atoms with Crippen LogP contribution in [0.4, 0.5) is 0 Å². The van der Waals surface area contributed by atoms with Crippen LogP contribution in [0.25, 0.3) is 0 Å². The van der Waals surface area contributed by atoms with Crippen LogP contribution in [0.15, 0.2) is 40.3 Å². The van der Waals surface area contributed by atoms with Crippen molar-refractivity contribution >= 4 is 5.91 Å². The van der Waals surface area contributed by atoms with Gasteiger partial charge in [-0.25, -0.2) is 4.98 Å². The largest absolute Gasteiger partial charge is 0.339 e. The predicted molar refractivity (Wildman–Crippen MR) is 103 cm³/mol. The first-order valence-corrected chi connectivity index (χ1v) is 9.29. The van der Waals surface area contributed by atoms with E-state index in [0.29, 0.717) is 31.1 Å².